The van der Waals surface area contributed by atoms with Gasteiger partial charge in [0.1, 0.15) is 6.04 Å². The number of aromatic nitrogens is 2. The first kappa shape index (κ1) is 21.6. The molecule has 2 atom stereocenters. The molecule has 0 fully saturated rings. The number of fused-ring (bicyclic) bond motifs is 1. The van der Waals surface area contributed by atoms with Gasteiger partial charge >= 0.3 is 0 Å². The van der Waals surface area contributed by atoms with Crippen LogP contribution in [0.15, 0.2) is 58.8 Å². The van der Waals surface area contributed by atoms with Gasteiger partial charge in [0.25, 0.3) is 5.69 Å². The maximum Gasteiger partial charge on any atom is 0.269 e. The van der Waals surface area contributed by atoms with Gasteiger partial charge in [-0.2, -0.15) is 5.11 Å². The number of benzene rings is 2. The van der Waals surface area contributed by atoms with Gasteiger partial charge in [0, 0.05) is 12.1 Å². The Morgan fingerprint density at radius 3 is 2.50 bits per heavy atom. The minimum atomic E-state index is -0.656. The van der Waals surface area contributed by atoms with E-state index < -0.39 is 17.1 Å². The maximum atomic E-state index is 11.1. The van der Waals surface area contributed by atoms with Gasteiger partial charge in [0.05, 0.1) is 11.0 Å². The molecule has 0 radical (unpaired) electrons. The first-order valence-corrected chi connectivity index (χ1v) is 10.0. The molecule has 2 heterocycles. The number of ether oxygens (including phenoxy) is 2. The lowest BCUT2D eigenvalue weighted by molar-refractivity contribution is -0.384. The largest absolute Gasteiger partial charge is 0.454 e. The van der Waals surface area contributed by atoms with Crippen molar-refractivity contribution in [2.24, 2.45) is 10.2 Å². The van der Waals surface area contributed by atoms with Crippen molar-refractivity contribution in [3.63, 3.8) is 0 Å². The van der Waals surface area contributed by atoms with Crippen molar-refractivity contribution in [1.29, 1.82) is 0 Å². The molecule has 0 saturated carbocycles. The van der Waals surface area contributed by atoms with Crippen molar-refractivity contribution in [1.82, 2.24) is 10.2 Å². The Balaban J connectivity index is 1.81. The monoisotopic (exact) mass is 455 g/mol. The summed E-state index contributed by atoms with van der Waals surface area (Å²) < 4.78 is 11.0. The average Bonchev–Trinajstić information content (AvgIpc) is 3.22. The minimum absolute atomic E-state index is 0.0390. The van der Waals surface area contributed by atoms with E-state index in [1.54, 1.807) is 43.3 Å². The van der Waals surface area contributed by atoms with Crippen molar-refractivity contribution in [3.05, 3.63) is 80.5 Å². The van der Waals surface area contributed by atoms with E-state index in [0.717, 1.165) is 11.1 Å². The third-order valence-electron chi connectivity index (χ3n) is 4.76. The summed E-state index contributed by atoms with van der Waals surface area (Å²) in [7, 11) is 0. The lowest BCUT2D eigenvalue weighted by Gasteiger charge is -2.18. The van der Waals surface area contributed by atoms with E-state index in [1.807, 2.05) is 0 Å². The Hall–Kier alpha value is -3.63. The van der Waals surface area contributed by atoms with Gasteiger partial charge in [-0.15, -0.1) is 15.3 Å². The Labute approximate surface area is 187 Å². The molecule has 0 amide bonds. The molecule has 3 aromatic rings. The fraction of sp³-hybridized carbons (Fsp3) is 0.238. The molecule has 0 spiro atoms. The fourth-order valence-corrected chi connectivity index (χ4v) is 3.42. The quantitative estimate of drug-likeness (QED) is 0.313. The second kappa shape index (κ2) is 9.25. The fourth-order valence-electron chi connectivity index (χ4n) is 3.32. The maximum absolute atomic E-state index is 11.1. The first-order chi connectivity index (χ1) is 15.4. The Kier molecular flexibility index (Phi) is 6.24. The van der Waals surface area contributed by atoms with E-state index in [1.165, 1.54) is 12.1 Å². The van der Waals surface area contributed by atoms with Crippen LogP contribution < -0.4 is 9.47 Å². The predicted molar refractivity (Wildman–Crippen MR) is 114 cm³/mol. The van der Waals surface area contributed by atoms with E-state index in [4.69, 9.17) is 21.1 Å². The molecule has 1 aromatic heterocycles. The number of rotatable bonds is 7. The van der Waals surface area contributed by atoms with Crippen molar-refractivity contribution in [2.45, 2.75) is 25.5 Å². The average molecular weight is 456 g/mol. The molecule has 0 bridgehead atoms. The molecule has 4 rings (SSSR count). The third-order valence-corrected chi connectivity index (χ3v) is 4.96. The van der Waals surface area contributed by atoms with Gasteiger partial charge in [0.15, 0.2) is 22.5 Å². The van der Waals surface area contributed by atoms with Gasteiger partial charge in [0.2, 0.25) is 6.79 Å². The van der Waals surface area contributed by atoms with Crippen LogP contribution in [-0.4, -0.2) is 33.1 Å². The van der Waals surface area contributed by atoms with E-state index >= 15 is 0 Å². The zero-order valence-electron chi connectivity index (χ0n) is 16.9. The minimum Gasteiger partial charge on any atom is -0.454 e. The molecule has 0 aliphatic carbocycles. The summed E-state index contributed by atoms with van der Waals surface area (Å²) in [5.41, 5.74) is 2.12. The highest BCUT2D eigenvalue weighted by Crippen LogP contribution is 2.40. The number of nitrogens with zero attached hydrogens (tertiary/aromatic N) is 5. The highest BCUT2D eigenvalue weighted by Gasteiger charge is 2.25. The number of hydrogen-bond acceptors (Lipinski definition) is 9. The van der Waals surface area contributed by atoms with E-state index in [0.29, 0.717) is 23.5 Å². The topological polar surface area (TPSA) is 132 Å². The van der Waals surface area contributed by atoms with Gasteiger partial charge in [-0.1, -0.05) is 11.6 Å². The normalized spacial score (nSPS) is 14.5. The van der Waals surface area contributed by atoms with Crippen LogP contribution in [0.1, 0.15) is 29.7 Å². The van der Waals surface area contributed by atoms with Crippen molar-refractivity contribution in [2.75, 3.05) is 6.79 Å². The van der Waals surface area contributed by atoms with Gasteiger partial charge in [-0.25, -0.2) is 0 Å². The molecular formula is C21H18ClN5O5. The summed E-state index contributed by atoms with van der Waals surface area (Å²) in [6.07, 6.45) is -0.281. The van der Waals surface area contributed by atoms with E-state index in [2.05, 4.69) is 20.4 Å². The molecule has 1 aliphatic heterocycles. The molecule has 164 valence electrons. The van der Waals surface area contributed by atoms with Gasteiger partial charge in [-0.05, 0) is 66.4 Å². The number of hydrogen-bond donors (Lipinski definition) is 1. The summed E-state index contributed by atoms with van der Waals surface area (Å²) in [6, 6.07) is 12.1. The highest BCUT2D eigenvalue weighted by molar-refractivity contribution is 6.29. The van der Waals surface area contributed by atoms with Crippen LogP contribution >= 0.6 is 11.6 Å². The molecule has 10 nitrogen and oxygen atoms in total. The molecule has 32 heavy (non-hydrogen) atoms. The van der Waals surface area contributed by atoms with Crippen LogP contribution in [0, 0.1) is 10.1 Å². The number of nitro groups is 1. The summed E-state index contributed by atoms with van der Waals surface area (Å²) in [4.78, 5) is 10.6. The second-order valence-corrected chi connectivity index (χ2v) is 7.53. The van der Waals surface area contributed by atoms with E-state index in [9.17, 15) is 15.2 Å². The number of non-ortho nitro benzene ring substituents is 1. The standard InChI is InChI=1S/C21H18ClN5O5/c1-12(28)8-14-9-17-18(32-11-31-17)10-16(14)21(13-2-4-15(5-3-13)27(29)30)26-25-20-7-6-19(22)23-24-20/h2-7,9-10,12,21,28H,8,11H2,1H3. The van der Waals surface area contributed by atoms with Crippen LogP contribution in [0.25, 0.3) is 0 Å². The van der Waals surface area contributed by atoms with Crippen LogP contribution in [0.3, 0.4) is 0 Å². The van der Waals surface area contributed by atoms with Crippen molar-refractivity contribution < 1.29 is 19.5 Å². The molecule has 1 N–H and O–H groups in total. The molecule has 1 aliphatic rings. The van der Waals surface area contributed by atoms with Crippen LogP contribution in [0.5, 0.6) is 11.5 Å². The number of azo groups is 1. The van der Waals surface area contributed by atoms with Crippen molar-refractivity contribution in [3.8, 4) is 11.5 Å². The molecular weight excluding hydrogens is 438 g/mol. The molecule has 2 unspecified atom stereocenters. The van der Waals surface area contributed by atoms with Crippen molar-refractivity contribution >= 4 is 23.1 Å². The first-order valence-electron chi connectivity index (χ1n) is 9.65. The zero-order chi connectivity index (χ0) is 22.7. The van der Waals surface area contributed by atoms with E-state index in [-0.39, 0.29) is 23.5 Å². The summed E-state index contributed by atoms with van der Waals surface area (Å²) in [6.45, 7) is 1.77. The SMILES string of the molecule is CC(O)Cc1cc2c(cc1C(N=Nc1ccc(Cl)nn1)c1ccc([N+](=O)[O-])cc1)OCO2. The molecule has 2 aromatic carbocycles. The van der Waals surface area contributed by atoms with Gasteiger partial charge in [-0.3, -0.25) is 10.1 Å². The smallest absolute Gasteiger partial charge is 0.269 e. The second-order valence-electron chi connectivity index (χ2n) is 7.14. The Morgan fingerprint density at radius 2 is 1.88 bits per heavy atom. The van der Waals surface area contributed by atoms with Gasteiger partial charge < -0.3 is 14.6 Å². The number of aliphatic hydroxyl groups excluding tert-OH is 1. The predicted octanol–water partition coefficient (Wildman–Crippen LogP) is 4.56. The molecule has 0 saturated heterocycles. The van der Waals surface area contributed by atoms with Crippen LogP contribution in [-0.2, 0) is 6.42 Å². The number of halogens is 1. The Morgan fingerprint density at radius 1 is 1.16 bits per heavy atom. The molecule has 11 heteroatoms. The number of aliphatic hydroxyl groups is 1. The number of nitro benzene ring substituents is 1. The highest BCUT2D eigenvalue weighted by atomic mass is 35.5. The zero-order valence-corrected chi connectivity index (χ0v) is 17.6. The lowest BCUT2D eigenvalue weighted by Crippen LogP contribution is -2.09. The lowest BCUT2D eigenvalue weighted by atomic mass is 9.92. The van der Waals surface area contributed by atoms with Crippen LogP contribution in [0.2, 0.25) is 5.15 Å². The van der Waals surface area contributed by atoms with Crippen LogP contribution in [0.4, 0.5) is 11.5 Å². The summed E-state index contributed by atoms with van der Waals surface area (Å²) in [5.74, 6) is 1.37. The summed E-state index contributed by atoms with van der Waals surface area (Å²) in [5, 5.41) is 37.6. The summed E-state index contributed by atoms with van der Waals surface area (Å²) >= 11 is 5.78. The Bertz CT molecular complexity index is 1150. The third kappa shape index (κ3) is 4.82.